The molecule has 12 nitrogen and oxygen atoms in total. The number of aliphatic hydroxyl groups excluding tert-OH is 1. The zero-order valence-electron chi connectivity index (χ0n) is 27.5. The number of carbonyl (C=O) groups is 2. The van der Waals surface area contributed by atoms with Crippen molar-refractivity contribution in [3.8, 4) is 23.0 Å². The fourth-order valence-corrected chi connectivity index (χ4v) is 5.45. The fourth-order valence-electron chi connectivity index (χ4n) is 4.99. The Labute approximate surface area is 294 Å². The molecule has 4 rings (SSSR count). The highest BCUT2D eigenvalue weighted by atomic mass is 35.5. The lowest BCUT2D eigenvalue weighted by molar-refractivity contribution is -0.136. The van der Waals surface area contributed by atoms with E-state index in [1.165, 1.54) is 20.4 Å². The number of allylic oxidation sites excluding steroid dienone is 2. The minimum absolute atomic E-state index is 0.182. The summed E-state index contributed by atoms with van der Waals surface area (Å²) in [5.41, 5.74) is 6.12. The van der Waals surface area contributed by atoms with E-state index in [9.17, 15) is 14.7 Å². The Kier molecular flexibility index (Phi) is 13.2. The maximum atomic E-state index is 12.5. The molecule has 0 spiro atoms. The van der Waals surface area contributed by atoms with Gasteiger partial charge in [0.15, 0.2) is 29.2 Å². The van der Waals surface area contributed by atoms with Crippen LogP contribution in [0.2, 0.25) is 10.0 Å². The number of carbonyl (C=O) groups excluding carboxylic acids is 2. The average molecular weight is 714 g/mol. The molecule has 3 aromatic carbocycles. The van der Waals surface area contributed by atoms with E-state index in [1.54, 1.807) is 62.4 Å². The first kappa shape index (κ1) is 36.9. The number of esters is 1. The van der Waals surface area contributed by atoms with E-state index >= 15 is 0 Å². The van der Waals surface area contributed by atoms with Gasteiger partial charge in [-0.15, -0.1) is 6.58 Å². The first-order valence-electron chi connectivity index (χ1n) is 15.2. The van der Waals surface area contributed by atoms with Gasteiger partial charge in [0.2, 0.25) is 0 Å². The summed E-state index contributed by atoms with van der Waals surface area (Å²) in [6, 6.07) is 12.6. The highest BCUT2D eigenvalue weighted by Gasteiger charge is 2.32. The van der Waals surface area contributed by atoms with E-state index in [-0.39, 0.29) is 18.8 Å². The van der Waals surface area contributed by atoms with Gasteiger partial charge >= 0.3 is 12.0 Å². The van der Waals surface area contributed by atoms with Gasteiger partial charge in [-0.2, -0.15) is 5.10 Å². The molecule has 0 radical (unpaired) electrons. The molecule has 2 atom stereocenters. The summed E-state index contributed by atoms with van der Waals surface area (Å²) in [7, 11) is 2.81. The SMILES string of the molecule is C=CCc1cc(/C=N\N[C@H](O)COc2ccc([C@H]3NC(=O)NC(C)=C3C(=O)OC)cc2OCC)cc(OC)c1OCc1ccc(Cl)cc1Cl. The van der Waals surface area contributed by atoms with Crippen LogP contribution in [0, 0.1) is 0 Å². The number of hydrazone groups is 1. The maximum absolute atomic E-state index is 12.5. The zero-order chi connectivity index (χ0) is 35.5. The summed E-state index contributed by atoms with van der Waals surface area (Å²) in [4.78, 5) is 24.7. The van der Waals surface area contributed by atoms with E-state index in [2.05, 4.69) is 27.7 Å². The molecule has 1 aliphatic rings. The summed E-state index contributed by atoms with van der Waals surface area (Å²) < 4.78 is 28.3. The molecule has 0 saturated heterocycles. The number of ether oxygens (including phenoxy) is 5. The summed E-state index contributed by atoms with van der Waals surface area (Å²) in [6.07, 6.45) is 2.58. The van der Waals surface area contributed by atoms with E-state index in [4.69, 9.17) is 46.9 Å². The van der Waals surface area contributed by atoms with Crippen LogP contribution in [0.5, 0.6) is 23.0 Å². The molecule has 0 aromatic heterocycles. The number of rotatable bonds is 16. The van der Waals surface area contributed by atoms with Crippen LogP contribution in [0.1, 0.15) is 42.1 Å². The van der Waals surface area contributed by atoms with Crippen LogP contribution in [0.4, 0.5) is 4.79 Å². The van der Waals surface area contributed by atoms with Crippen LogP contribution in [-0.4, -0.2) is 57.0 Å². The number of nitrogens with one attached hydrogen (secondary N) is 3. The first-order valence-corrected chi connectivity index (χ1v) is 15.9. The normalized spacial score (nSPS) is 14.8. The third-order valence-corrected chi connectivity index (χ3v) is 7.82. The molecule has 1 heterocycles. The summed E-state index contributed by atoms with van der Waals surface area (Å²) in [5, 5.41) is 21.1. The van der Waals surface area contributed by atoms with Gasteiger partial charge in [-0.25, -0.2) is 9.59 Å². The van der Waals surface area contributed by atoms with Gasteiger partial charge in [0.25, 0.3) is 0 Å². The van der Waals surface area contributed by atoms with Crippen LogP contribution in [0.3, 0.4) is 0 Å². The number of urea groups is 1. The predicted molar refractivity (Wildman–Crippen MR) is 187 cm³/mol. The second-order valence-corrected chi connectivity index (χ2v) is 11.5. The van der Waals surface area contributed by atoms with Crippen molar-refractivity contribution >= 4 is 41.4 Å². The van der Waals surface area contributed by atoms with Crippen molar-refractivity contribution in [3.05, 3.63) is 105 Å². The molecule has 49 heavy (non-hydrogen) atoms. The monoisotopic (exact) mass is 712 g/mol. The minimum Gasteiger partial charge on any atom is -0.493 e. The van der Waals surface area contributed by atoms with Crippen LogP contribution in [0.15, 0.2) is 77.6 Å². The molecule has 4 N–H and O–H groups in total. The standard InChI is InChI=1S/C35H38Cl2N4O8/c1-6-8-23-13-21(14-29(45-4)33(23)49-18-24-9-11-25(36)16-26(24)37)17-38-41-30(42)19-48-27-12-10-22(15-28(27)47-7-2)32-31(34(43)46-5)20(3)39-35(44)40-32/h6,9-17,30,32,41-42H,1,7-8,18-19H2,2-5H3,(H2,39,40,44)/b38-17-/t30-,32-/m1/s1. The zero-order valence-corrected chi connectivity index (χ0v) is 29.0. The first-order chi connectivity index (χ1) is 23.6. The minimum atomic E-state index is -1.19. The summed E-state index contributed by atoms with van der Waals surface area (Å²) >= 11 is 12.3. The molecule has 0 aliphatic carbocycles. The van der Waals surface area contributed by atoms with Crippen molar-refractivity contribution in [2.45, 2.75) is 39.1 Å². The molecule has 0 saturated carbocycles. The Morgan fingerprint density at radius 2 is 1.86 bits per heavy atom. The van der Waals surface area contributed by atoms with Gasteiger partial charge < -0.3 is 39.4 Å². The van der Waals surface area contributed by atoms with Gasteiger partial charge in [-0.05, 0) is 67.8 Å². The van der Waals surface area contributed by atoms with Crippen LogP contribution < -0.4 is 35.0 Å². The van der Waals surface area contributed by atoms with Gasteiger partial charge in [0, 0.05) is 26.9 Å². The van der Waals surface area contributed by atoms with Gasteiger partial charge in [-0.3, -0.25) is 5.43 Å². The van der Waals surface area contributed by atoms with E-state index in [0.717, 1.165) is 11.1 Å². The van der Waals surface area contributed by atoms with Crippen molar-refractivity contribution in [2.75, 3.05) is 27.4 Å². The number of benzene rings is 3. The highest BCUT2D eigenvalue weighted by molar-refractivity contribution is 6.35. The highest BCUT2D eigenvalue weighted by Crippen LogP contribution is 2.36. The third-order valence-electron chi connectivity index (χ3n) is 7.23. The number of aliphatic hydroxyl groups is 1. The Balaban J connectivity index is 1.43. The number of halogens is 2. The van der Waals surface area contributed by atoms with Gasteiger partial charge in [-0.1, -0.05) is 41.4 Å². The molecule has 2 amide bonds. The van der Waals surface area contributed by atoms with Gasteiger partial charge in [0.05, 0.1) is 38.7 Å². The molecular weight excluding hydrogens is 675 g/mol. The predicted octanol–water partition coefficient (Wildman–Crippen LogP) is 5.83. The van der Waals surface area contributed by atoms with Crippen molar-refractivity contribution in [1.29, 1.82) is 0 Å². The van der Waals surface area contributed by atoms with Crippen molar-refractivity contribution in [1.82, 2.24) is 16.1 Å². The fraction of sp³-hybridized carbons (Fsp3) is 0.286. The van der Waals surface area contributed by atoms with Crippen molar-refractivity contribution in [2.24, 2.45) is 5.10 Å². The Hall–Kier alpha value is -4.91. The number of hydrogen-bond acceptors (Lipinski definition) is 10. The lowest BCUT2D eigenvalue weighted by Crippen LogP contribution is -2.45. The molecule has 3 aromatic rings. The molecule has 1 aliphatic heterocycles. The average Bonchev–Trinajstić information content (AvgIpc) is 3.07. The van der Waals surface area contributed by atoms with E-state index in [0.29, 0.717) is 62.9 Å². The van der Waals surface area contributed by atoms with Crippen LogP contribution in [-0.2, 0) is 22.6 Å². The van der Waals surface area contributed by atoms with Crippen LogP contribution >= 0.6 is 23.2 Å². The summed E-state index contributed by atoms with van der Waals surface area (Å²) in [5.74, 6) is 1.13. The molecule has 0 bridgehead atoms. The van der Waals surface area contributed by atoms with E-state index < -0.39 is 24.3 Å². The van der Waals surface area contributed by atoms with Crippen molar-refractivity contribution in [3.63, 3.8) is 0 Å². The third kappa shape index (κ3) is 9.59. The Morgan fingerprint density at radius 1 is 1.06 bits per heavy atom. The lowest BCUT2D eigenvalue weighted by atomic mass is 9.95. The molecule has 0 unspecified atom stereocenters. The molecule has 260 valence electrons. The molecule has 0 fully saturated rings. The smallest absolute Gasteiger partial charge is 0.337 e. The number of hydrogen-bond donors (Lipinski definition) is 4. The Morgan fingerprint density at radius 3 is 2.55 bits per heavy atom. The number of methoxy groups -OCH3 is 2. The summed E-state index contributed by atoms with van der Waals surface area (Å²) in [6.45, 7) is 7.61. The molecular formula is C35H38Cl2N4O8. The second kappa shape index (κ2) is 17.5. The topological polar surface area (TPSA) is 149 Å². The Bertz CT molecular complexity index is 1750. The second-order valence-electron chi connectivity index (χ2n) is 10.6. The molecule has 14 heteroatoms. The number of nitrogens with zero attached hydrogens (tertiary/aromatic N) is 1. The van der Waals surface area contributed by atoms with Crippen LogP contribution in [0.25, 0.3) is 0 Å². The van der Waals surface area contributed by atoms with Gasteiger partial charge in [0.1, 0.15) is 13.2 Å². The quantitative estimate of drug-likeness (QED) is 0.0473. The maximum Gasteiger partial charge on any atom is 0.337 e. The van der Waals surface area contributed by atoms with Crippen molar-refractivity contribution < 1.29 is 38.4 Å². The number of amides is 2. The lowest BCUT2D eigenvalue weighted by Gasteiger charge is -2.28. The van der Waals surface area contributed by atoms with E-state index in [1.807, 2.05) is 6.07 Å². The largest absolute Gasteiger partial charge is 0.493 e.